The van der Waals surface area contributed by atoms with Crippen LogP contribution in [0, 0.1) is 5.82 Å². The lowest BCUT2D eigenvalue weighted by atomic mass is 10.2. The molecule has 1 aromatic carbocycles. The predicted molar refractivity (Wildman–Crippen MR) is 101 cm³/mol. The Morgan fingerprint density at radius 3 is 2.73 bits per heavy atom. The highest BCUT2D eigenvalue weighted by Gasteiger charge is 2.31. The van der Waals surface area contributed by atoms with Gasteiger partial charge >= 0.3 is 0 Å². The highest BCUT2D eigenvalue weighted by molar-refractivity contribution is 7.99. The van der Waals surface area contributed by atoms with Gasteiger partial charge in [-0.1, -0.05) is 36.0 Å². The molecule has 0 spiro atoms. The fraction of sp³-hybridized carbons (Fsp3) is 0.421. The van der Waals surface area contributed by atoms with Gasteiger partial charge in [-0.15, -0.1) is 10.2 Å². The van der Waals surface area contributed by atoms with Gasteiger partial charge in [0.05, 0.1) is 11.3 Å². The molecule has 1 heterocycles. The zero-order chi connectivity index (χ0) is 18.7. The number of rotatable bonds is 8. The van der Waals surface area contributed by atoms with E-state index < -0.39 is 0 Å². The maximum Gasteiger partial charge on any atom is 0.233 e. The fourth-order valence-corrected chi connectivity index (χ4v) is 3.69. The first-order valence-electron chi connectivity index (χ1n) is 8.76. The summed E-state index contributed by atoms with van der Waals surface area (Å²) < 4.78 is 16.2. The van der Waals surface area contributed by atoms with Gasteiger partial charge in [-0.25, -0.2) is 4.39 Å². The van der Waals surface area contributed by atoms with Crippen molar-refractivity contribution in [1.82, 2.24) is 19.7 Å². The maximum atomic E-state index is 14.2. The number of nitrogens with zero attached hydrogens (tertiary/aromatic N) is 4. The Labute approximate surface area is 157 Å². The average molecular weight is 374 g/mol. The second-order valence-corrected chi connectivity index (χ2v) is 7.48. The zero-order valence-corrected chi connectivity index (χ0v) is 15.9. The Hall–Kier alpha value is -2.15. The Bertz CT molecular complexity index is 816. The van der Waals surface area contributed by atoms with Gasteiger partial charge in [0.15, 0.2) is 11.0 Å². The Kier molecular flexibility index (Phi) is 5.76. The van der Waals surface area contributed by atoms with E-state index in [1.807, 2.05) is 18.4 Å². The molecule has 0 aliphatic heterocycles. The van der Waals surface area contributed by atoms with E-state index in [0.717, 1.165) is 18.4 Å². The SMILES string of the molecule is C=C(C)CN(CC)C(=O)CSc1nnc(-c2ccccc2F)n1C1CC1. The van der Waals surface area contributed by atoms with Gasteiger partial charge in [-0.3, -0.25) is 9.36 Å². The van der Waals surface area contributed by atoms with Crippen molar-refractivity contribution in [1.29, 1.82) is 0 Å². The van der Waals surface area contributed by atoms with E-state index in [-0.39, 0.29) is 23.5 Å². The molecule has 0 saturated heterocycles. The van der Waals surface area contributed by atoms with Crippen LogP contribution in [-0.4, -0.2) is 44.4 Å². The molecule has 138 valence electrons. The summed E-state index contributed by atoms with van der Waals surface area (Å²) in [6, 6.07) is 6.87. The van der Waals surface area contributed by atoms with Gasteiger partial charge in [0, 0.05) is 19.1 Å². The molecule has 1 fully saturated rings. The molecule has 0 atom stereocenters. The molecule has 1 amide bonds. The van der Waals surface area contributed by atoms with Gasteiger partial charge in [0.25, 0.3) is 0 Å². The van der Waals surface area contributed by atoms with Crippen LogP contribution in [0.5, 0.6) is 0 Å². The minimum absolute atomic E-state index is 0.0401. The molecule has 1 aliphatic carbocycles. The standard InChI is InChI=1S/C19H23FN4OS/c1-4-23(11-13(2)3)17(25)12-26-19-22-21-18(24(19)14-9-10-14)15-7-5-6-8-16(15)20/h5-8,14H,2,4,9-12H2,1,3H3. The highest BCUT2D eigenvalue weighted by Crippen LogP contribution is 2.41. The molecule has 0 N–H and O–H groups in total. The lowest BCUT2D eigenvalue weighted by Crippen LogP contribution is -2.33. The van der Waals surface area contributed by atoms with E-state index in [0.29, 0.717) is 29.6 Å². The van der Waals surface area contributed by atoms with Crippen LogP contribution in [0.2, 0.25) is 0 Å². The van der Waals surface area contributed by atoms with Crippen molar-refractivity contribution in [2.45, 2.75) is 37.9 Å². The van der Waals surface area contributed by atoms with E-state index in [9.17, 15) is 9.18 Å². The maximum absolute atomic E-state index is 14.2. The van der Waals surface area contributed by atoms with Gasteiger partial charge in [-0.05, 0) is 38.8 Å². The average Bonchev–Trinajstić information content (AvgIpc) is 3.37. The van der Waals surface area contributed by atoms with Crippen molar-refractivity contribution in [2.75, 3.05) is 18.8 Å². The number of benzene rings is 1. The number of thioether (sulfide) groups is 1. The molecule has 3 rings (SSSR count). The van der Waals surface area contributed by atoms with Crippen molar-refractivity contribution in [3.63, 3.8) is 0 Å². The molecular weight excluding hydrogens is 351 g/mol. The first-order chi connectivity index (χ1) is 12.5. The van der Waals surface area contributed by atoms with Crippen molar-refractivity contribution < 1.29 is 9.18 Å². The number of likely N-dealkylation sites (N-methyl/N-ethyl adjacent to an activating group) is 1. The minimum atomic E-state index is -0.312. The molecule has 0 radical (unpaired) electrons. The third-order valence-corrected chi connectivity index (χ3v) is 5.14. The van der Waals surface area contributed by atoms with Crippen LogP contribution in [0.3, 0.4) is 0 Å². The molecule has 1 aromatic heterocycles. The summed E-state index contributed by atoms with van der Waals surface area (Å²) >= 11 is 1.36. The third kappa shape index (κ3) is 4.15. The Morgan fingerprint density at radius 1 is 1.38 bits per heavy atom. The van der Waals surface area contributed by atoms with Crippen LogP contribution in [-0.2, 0) is 4.79 Å². The number of carbonyl (C=O) groups is 1. The van der Waals surface area contributed by atoms with E-state index in [1.54, 1.807) is 23.1 Å². The molecule has 1 aliphatic rings. The van der Waals surface area contributed by atoms with Crippen LogP contribution in [0.4, 0.5) is 4.39 Å². The summed E-state index contributed by atoms with van der Waals surface area (Å²) in [6.07, 6.45) is 2.05. The minimum Gasteiger partial charge on any atom is -0.338 e. The first-order valence-corrected chi connectivity index (χ1v) is 9.74. The third-order valence-electron chi connectivity index (χ3n) is 4.21. The topological polar surface area (TPSA) is 51.0 Å². The van der Waals surface area contributed by atoms with Gasteiger partial charge in [0.2, 0.25) is 5.91 Å². The number of halogens is 1. The van der Waals surface area contributed by atoms with Crippen LogP contribution >= 0.6 is 11.8 Å². The molecule has 26 heavy (non-hydrogen) atoms. The molecule has 0 bridgehead atoms. The highest BCUT2D eigenvalue weighted by atomic mass is 32.2. The van der Waals surface area contributed by atoms with E-state index >= 15 is 0 Å². The number of aromatic nitrogens is 3. The fourth-order valence-electron chi connectivity index (χ4n) is 2.78. The largest absolute Gasteiger partial charge is 0.338 e. The molecule has 0 unspecified atom stereocenters. The van der Waals surface area contributed by atoms with Gasteiger partial charge in [-0.2, -0.15) is 0 Å². The van der Waals surface area contributed by atoms with Crippen molar-refractivity contribution >= 4 is 17.7 Å². The zero-order valence-electron chi connectivity index (χ0n) is 15.1. The molecule has 5 nitrogen and oxygen atoms in total. The van der Waals surface area contributed by atoms with E-state index in [1.165, 1.54) is 17.8 Å². The van der Waals surface area contributed by atoms with Crippen molar-refractivity contribution in [3.8, 4) is 11.4 Å². The van der Waals surface area contributed by atoms with Crippen LogP contribution in [0.15, 0.2) is 41.6 Å². The number of hydrogen-bond acceptors (Lipinski definition) is 4. The lowest BCUT2D eigenvalue weighted by molar-refractivity contribution is -0.127. The van der Waals surface area contributed by atoms with Crippen molar-refractivity contribution in [3.05, 3.63) is 42.2 Å². The number of amides is 1. The monoisotopic (exact) mass is 374 g/mol. The Morgan fingerprint density at radius 2 is 2.12 bits per heavy atom. The summed E-state index contributed by atoms with van der Waals surface area (Å²) in [5.74, 6) is 0.546. The lowest BCUT2D eigenvalue weighted by Gasteiger charge is -2.20. The summed E-state index contributed by atoms with van der Waals surface area (Å²) in [5, 5.41) is 9.12. The van der Waals surface area contributed by atoms with Crippen LogP contribution in [0.25, 0.3) is 11.4 Å². The summed E-state index contributed by atoms with van der Waals surface area (Å²) in [7, 11) is 0. The summed E-state index contributed by atoms with van der Waals surface area (Å²) in [5.41, 5.74) is 1.40. The van der Waals surface area contributed by atoms with Crippen LogP contribution in [0.1, 0.15) is 32.7 Å². The van der Waals surface area contributed by atoms with E-state index in [2.05, 4.69) is 16.8 Å². The van der Waals surface area contributed by atoms with Gasteiger partial charge < -0.3 is 4.90 Å². The Balaban J connectivity index is 1.78. The number of hydrogen-bond donors (Lipinski definition) is 0. The van der Waals surface area contributed by atoms with Crippen molar-refractivity contribution in [2.24, 2.45) is 0 Å². The molecule has 2 aromatic rings. The first kappa shape index (κ1) is 18.6. The summed E-state index contributed by atoms with van der Waals surface area (Å²) in [6.45, 7) is 8.94. The smallest absolute Gasteiger partial charge is 0.233 e. The molecule has 7 heteroatoms. The second-order valence-electron chi connectivity index (χ2n) is 6.54. The summed E-state index contributed by atoms with van der Waals surface area (Å²) in [4.78, 5) is 14.2. The molecular formula is C19H23FN4OS. The van der Waals surface area contributed by atoms with Gasteiger partial charge in [0.1, 0.15) is 5.82 Å². The second kappa shape index (κ2) is 8.03. The number of carbonyl (C=O) groups excluding carboxylic acids is 1. The predicted octanol–water partition coefficient (Wildman–Crippen LogP) is 3.94. The van der Waals surface area contributed by atoms with E-state index in [4.69, 9.17) is 0 Å². The molecule has 1 saturated carbocycles. The van der Waals surface area contributed by atoms with Crippen LogP contribution < -0.4 is 0 Å². The quantitative estimate of drug-likeness (QED) is 0.519. The normalized spacial score (nSPS) is 13.7.